The molecule has 0 atom stereocenters. The van der Waals surface area contributed by atoms with Gasteiger partial charge in [0.15, 0.2) is 5.65 Å². The number of aromatic nitrogens is 3. The van der Waals surface area contributed by atoms with E-state index in [1.54, 1.807) is 16.8 Å². The molecule has 0 amide bonds. The van der Waals surface area contributed by atoms with Crippen molar-refractivity contribution in [3.63, 3.8) is 0 Å². The highest BCUT2D eigenvalue weighted by atomic mass is 19.4. The Bertz CT molecular complexity index is 990. The predicted molar refractivity (Wildman–Crippen MR) is 113 cm³/mol. The summed E-state index contributed by atoms with van der Waals surface area (Å²) < 4.78 is 41.4. The van der Waals surface area contributed by atoms with Crippen LogP contribution in [0.4, 0.5) is 19.0 Å². The summed E-state index contributed by atoms with van der Waals surface area (Å²) in [6.45, 7) is 4.57. The van der Waals surface area contributed by atoms with Gasteiger partial charge < -0.3 is 5.32 Å². The van der Waals surface area contributed by atoms with E-state index in [4.69, 9.17) is 0 Å². The lowest BCUT2D eigenvalue weighted by Crippen LogP contribution is -2.28. The van der Waals surface area contributed by atoms with Crippen LogP contribution in [-0.4, -0.2) is 26.8 Å². The second-order valence-electron chi connectivity index (χ2n) is 8.53. The van der Waals surface area contributed by atoms with Crippen LogP contribution in [0.1, 0.15) is 51.6 Å². The summed E-state index contributed by atoms with van der Waals surface area (Å²) in [5, 5.41) is 8.16. The lowest BCUT2D eigenvalue weighted by molar-refractivity contribution is -0.0881. The third-order valence-electron chi connectivity index (χ3n) is 6.13. The molecule has 30 heavy (non-hydrogen) atoms. The van der Waals surface area contributed by atoms with Gasteiger partial charge in [-0.25, -0.2) is 9.50 Å². The molecule has 2 heterocycles. The van der Waals surface area contributed by atoms with E-state index < -0.39 is 11.7 Å². The van der Waals surface area contributed by atoms with Gasteiger partial charge in [-0.2, -0.15) is 13.2 Å². The molecule has 0 aliphatic heterocycles. The number of nitrogens with one attached hydrogen (secondary N) is 1. The van der Waals surface area contributed by atoms with Gasteiger partial charge >= 0.3 is 6.18 Å². The molecule has 4 rings (SSSR count). The molecule has 160 valence electrons. The van der Waals surface area contributed by atoms with Crippen LogP contribution in [0.3, 0.4) is 0 Å². The molecule has 0 aromatic carbocycles. The molecule has 1 fully saturated rings. The van der Waals surface area contributed by atoms with Crippen molar-refractivity contribution in [2.45, 2.75) is 58.2 Å². The molecular formula is C23H27F3N4. The fraction of sp³-hybridized carbons (Fsp3) is 0.478. The van der Waals surface area contributed by atoms with Gasteiger partial charge in [0.25, 0.3) is 0 Å². The summed E-state index contributed by atoms with van der Waals surface area (Å²) in [5.74, 6) is 2.22. The summed E-state index contributed by atoms with van der Waals surface area (Å²) in [7, 11) is 0. The Morgan fingerprint density at radius 3 is 2.60 bits per heavy atom. The van der Waals surface area contributed by atoms with Crippen molar-refractivity contribution in [1.29, 1.82) is 0 Å². The van der Waals surface area contributed by atoms with E-state index in [9.17, 15) is 13.2 Å². The Labute approximate surface area is 174 Å². The van der Waals surface area contributed by atoms with E-state index in [1.807, 2.05) is 12.1 Å². The minimum atomic E-state index is -4.39. The van der Waals surface area contributed by atoms with Gasteiger partial charge in [-0.3, -0.25) is 0 Å². The predicted octanol–water partition coefficient (Wildman–Crippen LogP) is 6.19. The Morgan fingerprint density at radius 1 is 1.13 bits per heavy atom. The fourth-order valence-corrected chi connectivity index (χ4v) is 4.31. The van der Waals surface area contributed by atoms with E-state index in [0.717, 1.165) is 30.7 Å². The van der Waals surface area contributed by atoms with E-state index >= 15 is 0 Å². The van der Waals surface area contributed by atoms with Crippen LogP contribution in [0, 0.1) is 11.8 Å². The third-order valence-corrected chi connectivity index (χ3v) is 6.13. The summed E-state index contributed by atoms with van der Waals surface area (Å²) >= 11 is 0. The molecule has 0 radical (unpaired) electrons. The molecule has 0 bridgehead atoms. The number of hydrogen-bond acceptors (Lipinski definition) is 3. The van der Waals surface area contributed by atoms with Crippen molar-refractivity contribution in [3.05, 3.63) is 53.9 Å². The van der Waals surface area contributed by atoms with Gasteiger partial charge in [0.2, 0.25) is 0 Å². The highest BCUT2D eigenvalue weighted by molar-refractivity contribution is 5.75. The highest BCUT2D eigenvalue weighted by Crippen LogP contribution is 2.33. The molecule has 2 aromatic heterocycles. The largest absolute Gasteiger partial charge is 0.416 e. The number of anilines is 1. The third kappa shape index (κ3) is 4.45. The zero-order valence-electron chi connectivity index (χ0n) is 17.3. The van der Waals surface area contributed by atoms with Gasteiger partial charge in [-0.15, -0.1) is 5.10 Å². The van der Waals surface area contributed by atoms with Crippen molar-refractivity contribution in [2.75, 3.05) is 5.32 Å². The summed E-state index contributed by atoms with van der Waals surface area (Å²) in [4.78, 5) is 4.33. The maximum atomic E-state index is 13.3. The van der Waals surface area contributed by atoms with Crippen LogP contribution in [0.5, 0.6) is 0 Å². The van der Waals surface area contributed by atoms with E-state index in [0.29, 0.717) is 35.3 Å². The molecule has 7 heteroatoms. The summed E-state index contributed by atoms with van der Waals surface area (Å²) in [6, 6.07) is 4.11. The van der Waals surface area contributed by atoms with Crippen molar-refractivity contribution in [2.24, 2.45) is 11.8 Å². The number of halogens is 3. The number of nitrogens with zero attached hydrogens (tertiary/aromatic N) is 3. The van der Waals surface area contributed by atoms with Crippen molar-refractivity contribution >= 4 is 17.0 Å². The Balaban J connectivity index is 1.57. The summed E-state index contributed by atoms with van der Waals surface area (Å²) in [6.07, 6.45) is 7.83. The second kappa shape index (κ2) is 8.28. The van der Waals surface area contributed by atoms with Gasteiger partial charge in [0.1, 0.15) is 5.82 Å². The SMILES string of the molecule is CC(C)C1CCC(Nc2ccc3ncc(C4=CCC=CC(C(F)(F)F)=C4)n3n2)CC1. The van der Waals surface area contributed by atoms with Crippen LogP contribution in [-0.2, 0) is 0 Å². The van der Waals surface area contributed by atoms with E-state index in [2.05, 4.69) is 29.2 Å². The minimum absolute atomic E-state index is 0.370. The van der Waals surface area contributed by atoms with Crippen LogP contribution in [0.25, 0.3) is 11.2 Å². The molecule has 0 saturated heterocycles. The number of fused-ring (bicyclic) bond motifs is 1. The van der Waals surface area contributed by atoms with Crippen LogP contribution in [0.2, 0.25) is 0 Å². The van der Waals surface area contributed by atoms with E-state index in [-0.39, 0.29) is 0 Å². The number of hydrogen-bond donors (Lipinski definition) is 1. The Morgan fingerprint density at radius 2 is 1.90 bits per heavy atom. The first-order valence-electron chi connectivity index (χ1n) is 10.6. The van der Waals surface area contributed by atoms with Crippen molar-refractivity contribution in [3.8, 4) is 0 Å². The van der Waals surface area contributed by atoms with E-state index in [1.165, 1.54) is 25.0 Å². The maximum Gasteiger partial charge on any atom is 0.416 e. The molecule has 2 aliphatic rings. The number of imidazole rings is 1. The van der Waals surface area contributed by atoms with Crippen molar-refractivity contribution in [1.82, 2.24) is 14.6 Å². The van der Waals surface area contributed by atoms with Crippen molar-refractivity contribution < 1.29 is 13.2 Å². The standard InChI is InChI=1S/C23H27F3N4/c1-15(2)16-7-9-19(10-8-16)28-21-11-12-22-27-14-20(30(22)29-21)17-5-3-4-6-18(13-17)23(24,25)26/h4-6,11-16,19H,3,7-10H2,1-2H3,(H,28,29). The van der Waals surface area contributed by atoms with Gasteiger partial charge in [0.05, 0.1) is 17.5 Å². The number of alkyl halides is 3. The summed E-state index contributed by atoms with van der Waals surface area (Å²) in [5.41, 5.74) is 0.973. The van der Waals surface area contributed by atoms with Gasteiger partial charge in [-0.1, -0.05) is 32.1 Å². The van der Waals surface area contributed by atoms with Crippen LogP contribution in [0.15, 0.2) is 48.2 Å². The normalized spacial score (nSPS) is 22.7. The topological polar surface area (TPSA) is 42.2 Å². The first kappa shape index (κ1) is 20.7. The molecule has 1 N–H and O–H groups in total. The van der Waals surface area contributed by atoms with Crippen LogP contribution < -0.4 is 5.32 Å². The average Bonchev–Trinajstić information content (AvgIpc) is 2.94. The zero-order chi connectivity index (χ0) is 21.3. The molecule has 2 aliphatic carbocycles. The second-order valence-corrected chi connectivity index (χ2v) is 8.53. The lowest BCUT2D eigenvalue weighted by Gasteiger charge is -2.31. The number of allylic oxidation sites excluding steroid dienone is 6. The quantitative estimate of drug-likeness (QED) is 0.646. The highest BCUT2D eigenvalue weighted by Gasteiger charge is 2.32. The Hall–Kier alpha value is -2.57. The molecule has 0 spiro atoms. The van der Waals surface area contributed by atoms with Crippen LogP contribution >= 0.6 is 0 Å². The fourth-order valence-electron chi connectivity index (χ4n) is 4.31. The zero-order valence-corrected chi connectivity index (χ0v) is 17.3. The average molecular weight is 416 g/mol. The minimum Gasteiger partial charge on any atom is -0.366 e. The number of rotatable bonds is 4. The molecule has 0 unspecified atom stereocenters. The molecule has 4 nitrogen and oxygen atoms in total. The maximum absolute atomic E-state index is 13.3. The van der Waals surface area contributed by atoms with Gasteiger partial charge in [-0.05, 0) is 67.7 Å². The monoisotopic (exact) mass is 416 g/mol. The molecule has 1 saturated carbocycles. The molecular weight excluding hydrogens is 389 g/mol. The Kier molecular flexibility index (Phi) is 5.71. The smallest absolute Gasteiger partial charge is 0.366 e. The molecule has 2 aromatic rings. The lowest BCUT2D eigenvalue weighted by atomic mass is 9.80. The first-order chi connectivity index (χ1) is 14.3. The first-order valence-corrected chi connectivity index (χ1v) is 10.6. The van der Waals surface area contributed by atoms with Gasteiger partial charge in [0, 0.05) is 6.04 Å².